The van der Waals surface area contributed by atoms with Crippen molar-refractivity contribution >= 4 is 10.1 Å². The molecule has 0 heterocycles. The fourth-order valence-electron chi connectivity index (χ4n) is 1.42. The van der Waals surface area contributed by atoms with E-state index in [-0.39, 0.29) is 18.1 Å². The molecule has 0 saturated carbocycles. The molecule has 7 heteroatoms. The fraction of sp³-hybridized carbons (Fsp3) is 0.500. The summed E-state index contributed by atoms with van der Waals surface area (Å²) in [7, 11) is -3.73. The third-order valence-electron chi connectivity index (χ3n) is 2.51. The van der Waals surface area contributed by atoms with Crippen LogP contribution in [0.5, 0.6) is 0 Å². The van der Waals surface area contributed by atoms with E-state index >= 15 is 0 Å². The van der Waals surface area contributed by atoms with Gasteiger partial charge in [-0.25, -0.2) is 0 Å². The summed E-state index contributed by atoms with van der Waals surface area (Å²) in [6.07, 6.45) is 0.345. The minimum atomic E-state index is -3.73. The Hall–Kier alpha value is -1.46. The van der Waals surface area contributed by atoms with Crippen LogP contribution in [-0.2, 0) is 23.8 Å². The Morgan fingerprint density at radius 1 is 1.00 bits per heavy atom. The summed E-state index contributed by atoms with van der Waals surface area (Å²) >= 11 is 0. The van der Waals surface area contributed by atoms with Crippen LogP contribution in [0.15, 0.2) is 29.2 Å². The Bertz CT molecular complexity index is 548. The standard InChI is InChI=1S/C14H19NO5S/c1-13-3-5-14(6-4-13)21(16,17)20-12-11-19-10-9-18-8-2-7-15/h3-6H,2,8-12H2,1H3. The average Bonchev–Trinajstić information content (AvgIpc) is 2.46. The highest BCUT2D eigenvalue weighted by molar-refractivity contribution is 7.86. The number of ether oxygens (including phenoxy) is 2. The van der Waals surface area contributed by atoms with Gasteiger partial charge in [-0.1, -0.05) is 17.7 Å². The second-order valence-electron chi connectivity index (χ2n) is 4.22. The lowest BCUT2D eigenvalue weighted by Crippen LogP contribution is -2.13. The topological polar surface area (TPSA) is 85.6 Å². The van der Waals surface area contributed by atoms with Crippen molar-refractivity contribution in [2.24, 2.45) is 0 Å². The first kappa shape index (κ1) is 17.6. The number of aryl methyl sites for hydroxylation is 1. The molecule has 0 aliphatic carbocycles. The van der Waals surface area contributed by atoms with Crippen LogP contribution in [-0.4, -0.2) is 41.5 Å². The van der Waals surface area contributed by atoms with Gasteiger partial charge in [-0.05, 0) is 19.1 Å². The summed E-state index contributed by atoms with van der Waals surface area (Å²) < 4.78 is 38.8. The lowest BCUT2D eigenvalue weighted by atomic mass is 10.2. The highest BCUT2D eigenvalue weighted by Crippen LogP contribution is 2.12. The SMILES string of the molecule is Cc1ccc(S(=O)(=O)OCCOCCOCCC#N)cc1. The van der Waals surface area contributed by atoms with Crippen molar-refractivity contribution in [3.63, 3.8) is 0 Å². The van der Waals surface area contributed by atoms with E-state index in [0.717, 1.165) is 5.56 Å². The number of nitrogens with zero attached hydrogens (tertiary/aromatic N) is 1. The van der Waals surface area contributed by atoms with Crippen LogP contribution in [0.4, 0.5) is 0 Å². The molecule has 0 saturated heterocycles. The Morgan fingerprint density at radius 2 is 1.57 bits per heavy atom. The van der Waals surface area contributed by atoms with Crippen molar-refractivity contribution in [2.45, 2.75) is 18.2 Å². The molecule has 0 amide bonds. The van der Waals surface area contributed by atoms with Gasteiger partial charge in [0.15, 0.2) is 0 Å². The predicted octanol–water partition coefficient (Wildman–Crippen LogP) is 1.65. The second-order valence-corrected chi connectivity index (χ2v) is 5.84. The van der Waals surface area contributed by atoms with Gasteiger partial charge in [-0.2, -0.15) is 13.7 Å². The molecule has 1 aromatic rings. The molecule has 0 radical (unpaired) electrons. The van der Waals surface area contributed by atoms with Gasteiger partial charge < -0.3 is 9.47 Å². The maximum atomic E-state index is 11.8. The second kappa shape index (κ2) is 9.47. The Balaban J connectivity index is 2.17. The van der Waals surface area contributed by atoms with E-state index in [1.165, 1.54) is 12.1 Å². The van der Waals surface area contributed by atoms with Crippen LogP contribution >= 0.6 is 0 Å². The van der Waals surface area contributed by atoms with E-state index in [2.05, 4.69) is 0 Å². The lowest BCUT2D eigenvalue weighted by molar-refractivity contribution is 0.0388. The molecule has 0 aliphatic heterocycles. The van der Waals surface area contributed by atoms with Crippen molar-refractivity contribution in [1.82, 2.24) is 0 Å². The summed E-state index contributed by atoms with van der Waals surface area (Å²) in [6, 6.07) is 8.41. The van der Waals surface area contributed by atoms with Gasteiger partial charge in [0.2, 0.25) is 0 Å². The molecule has 1 rings (SSSR count). The average molecular weight is 313 g/mol. The summed E-state index contributed by atoms with van der Waals surface area (Å²) in [5.41, 5.74) is 0.980. The first-order valence-corrected chi connectivity index (χ1v) is 7.95. The maximum absolute atomic E-state index is 11.8. The molecule has 6 nitrogen and oxygen atoms in total. The zero-order valence-electron chi connectivity index (χ0n) is 11.9. The quantitative estimate of drug-likeness (QED) is 0.482. The minimum Gasteiger partial charge on any atom is -0.378 e. The van der Waals surface area contributed by atoms with Crippen LogP contribution in [0.3, 0.4) is 0 Å². The summed E-state index contributed by atoms with van der Waals surface area (Å²) in [4.78, 5) is 0.132. The smallest absolute Gasteiger partial charge is 0.297 e. The highest BCUT2D eigenvalue weighted by Gasteiger charge is 2.14. The fourth-order valence-corrected chi connectivity index (χ4v) is 2.31. The molecule has 116 valence electrons. The van der Waals surface area contributed by atoms with E-state index in [1.54, 1.807) is 12.1 Å². The van der Waals surface area contributed by atoms with Gasteiger partial charge in [0.05, 0.1) is 50.4 Å². The van der Waals surface area contributed by atoms with E-state index in [1.807, 2.05) is 13.0 Å². The molecule has 0 unspecified atom stereocenters. The number of benzene rings is 1. The molecule has 0 aromatic heterocycles. The van der Waals surface area contributed by atoms with Crippen LogP contribution < -0.4 is 0 Å². The molecule has 0 atom stereocenters. The van der Waals surface area contributed by atoms with Crippen molar-refractivity contribution in [2.75, 3.05) is 33.0 Å². The molecule has 0 bridgehead atoms. The van der Waals surface area contributed by atoms with Crippen molar-refractivity contribution < 1.29 is 22.1 Å². The van der Waals surface area contributed by atoms with Gasteiger partial charge in [0.1, 0.15) is 0 Å². The van der Waals surface area contributed by atoms with E-state index in [4.69, 9.17) is 18.9 Å². The Kier molecular flexibility index (Phi) is 7.93. The van der Waals surface area contributed by atoms with Gasteiger partial charge in [0.25, 0.3) is 10.1 Å². The van der Waals surface area contributed by atoms with Crippen LogP contribution in [0.25, 0.3) is 0 Å². The molecule has 0 fully saturated rings. The number of hydrogen-bond acceptors (Lipinski definition) is 6. The van der Waals surface area contributed by atoms with Gasteiger partial charge >= 0.3 is 0 Å². The predicted molar refractivity (Wildman–Crippen MR) is 76.2 cm³/mol. The maximum Gasteiger partial charge on any atom is 0.297 e. The highest BCUT2D eigenvalue weighted by atomic mass is 32.2. The van der Waals surface area contributed by atoms with Gasteiger partial charge in [-0.15, -0.1) is 0 Å². The van der Waals surface area contributed by atoms with E-state index in [9.17, 15) is 8.42 Å². The van der Waals surface area contributed by atoms with Crippen LogP contribution in [0, 0.1) is 18.3 Å². The van der Waals surface area contributed by atoms with E-state index in [0.29, 0.717) is 26.2 Å². The normalized spacial score (nSPS) is 11.2. The number of rotatable bonds is 10. The zero-order chi connectivity index (χ0) is 15.6. The molecular weight excluding hydrogens is 294 g/mol. The van der Waals surface area contributed by atoms with Crippen LogP contribution in [0.2, 0.25) is 0 Å². The van der Waals surface area contributed by atoms with E-state index < -0.39 is 10.1 Å². The molecular formula is C14H19NO5S. The van der Waals surface area contributed by atoms with Crippen LogP contribution in [0.1, 0.15) is 12.0 Å². The summed E-state index contributed by atoms with van der Waals surface area (Å²) in [5, 5.41) is 8.29. The zero-order valence-corrected chi connectivity index (χ0v) is 12.8. The van der Waals surface area contributed by atoms with Crippen molar-refractivity contribution in [3.05, 3.63) is 29.8 Å². The molecule has 0 N–H and O–H groups in total. The first-order valence-electron chi connectivity index (χ1n) is 6.55. The molecule has 1 aromatic carbocycles. The van der Waals surface area contributed by atoms with Gasteiger partial charge in [0, 0.05) is 0 Å². The summed E-state index contributed by atoms with van der Waals surface area (Å²) in [6.45, 7) is 3.06. The Labute approximate surface area is 125 Å². The molecule has 0 spiro atoms. The third kappa shape index (κ3) is 7.20. The van der Waals surface area contributed by atoms with Crippen molar-refractivity contribution in [1.29, 1.82) is 5.26 Å². The molecule has 21 heavy (non-hydrogen) atoms. The van der Waals surface area contributed by atoms with Gasteiger partial charge in [-0.3, -0.25) is 4.18 Å². The van der Waals surface area contributed by atoms with Crippen molar-refractivity contribution in [3.8, 4) is 6.07 Å². The minimum absolute atomic E-state index is 0.0472. The third-order valence-corrected chi connectivity index (χ3v) is 3.83. The molecule has 0 aliphatic rings. The number of hydrogen-bond donors (Lipinski definition) is 0. The lowest BCUT2D eigenvalue weighted by Gasteiger charge is -2.07. The largest absolute Gasteiger partial charge is 0.378 e. The summed E-state index contributed by atoms with van der Waals surface area (Å²) in [5.74, 6) is 0. The monoisotopic (exact) mass is 313 g/mol. The first-order chi connectivity index (χ1) is 10.1. The number of nitriles is 1. The Morgan fingerprint density at radius 3 is 2.19 bits per heavy atom.